The van der Waals surface area contributed by atoms with Crippen molar-refractivity contribution >= 4 is 22.6 Å². The van der Waals surface area contributed by atoms with Crippen LogP contribution in [0.1, 0.15) is 31.7 Å². The standard InChI is InChI=1S/C13H14INO/c1-12(16,13(9-15)7-2-8-13)10-3-5-11(14)6-4-10/h3-6,16H,2,7-8H2,1H3. The third-order valence-electron chi connectivity index (χ3n) is 3.76. The molecule has 1 saturated carbocycles. The lowest BCUT2D eigenvalue weighted by Crippen LogP contribution is -2.47. The maximum absolute atomic E-state index is 10.6. The van der Waals surface area contributed by atoms with E-state index in [1.165, 1.54) is 0 Å². The molecule has 84 valence electrons. The van der Waals surface area contributed by atoms with Crippen molar-refractivity contribution in [1.29, 1.82) is 5.26 Å². The molecule has 0 spiro atoms. The largest absolute Gasteiger partial charge is 0.384 e. The molecule has 1 atom stereocenters. The van der Waals surface area contributed by atoms with Crippen molar-refractivity contribution in [3.63, 3.8) is 0 Å². The molecule has 2 rings (SSSR count). The minimum absolute atomic E-state index is 0.584. The van der Waals surface area contributed by atoms with E-state index in [4.69, 9.17) is 0 Å². The molecule has 0 heterocycles. The van der Waals surface area contributed by atoms with Crippen molar-refractivity contribution in [3.8, 4) is 6.07 Å². The summed E-state index contributed by atoms with van der Waals surface area (Å²) in [5, 5.41) is 19.9. The Morgan fingerprint density at radius 1 is 1.38 bits per heavy atom. The lowest BCUT2D eigenvalue weighted by molar-refractivity contribution is -0.0858. The van der Waals surface area contributed by atoms with E-state index >= 15 is 0 Å². The molecule has 0 radical (unpaired) electrons. The Hall–Kier alpha value is -0.600. The zero-order valence-electron chi connectivity index (χ0n) is 9.20. The van der Waals surface area contributed by atoms with Crippen molar-refractivity contribution in [2.75, 3.05) is 0 Å². The highest BCUT2D eigenvalue weighted by Gasteiger charge is 2.52. The fourth-order valence-corrected chi connectivity index (χ4v) is 2.65. The van der Waals surface area contributed by atoms with Crippen LogP contribution in [0.5, 0.6) is 0 Å². The number of rotatable bonds is 2. The monoisotopic (exact) mass is 327 g/mol. The Balaban J connectivity index is 2.38. The SMILES string of the molecule is CC(O)(c1ccc(I)cc1)C1(C#N)CCC1. The van der Waals surface area contributed by atoms with E-state index < -0.39 is 11.0 Å². The predicted molar refractivity (Wildman–Crippen MR) is 70.6 cm³/mol. The zero-order chi connectivity index (χ0) is 11.8. The van der Waals surface area contributed by atoms with Gasteiger partial charge in [-0.2, -0.15) is 5.26 Å². The Labute approximate surface area is 109 Å². The van der Waals surface area contributed by atoms with Crippen LogP contribution in [-0.4, -0.2) is 5.11 Å². The molecule has 0 bridgehead atoms. The Kier molecular flexibility index (Phi) is 2.97. The van der Waals surface area contributed by atoms with E-state index in [1.54, 1.807) is 6.92 Å². The molecule has 3 heteroatoms. The molecule has 2 nitrogen and oxygen atoms in total. The first-order chi connectivity index (χ1) is 7.52. The minimum Gasteiger partial charge on any atom is -0.384 e. The summed E-state index contributed by atoms with van der Waals surface area (Å²) in [4.78, 5) is 0. The molecular formula is C13H14INO. The first-order valence-corrected chi connectivity index (χ1v) is 6.49. The second-order valence-electron chi connectivity index (χ2n) is 4.63. The van der Waals surface area contributed by atoms with E-state index in [9.17, 15) is 10.4 Å². The highest BCUT2D eigenvalue weighted by molar-refractivity contribution is 14.1. The number of halogens is 1. The van der Waals surface area contributed by atoms with Crippen LogP contribution < -0.4 is 0 Å². The van der Waals surface area contributed by atoms with Crippen molar-refractivity contribution in [2.24, 2.45) is 5.41 Å². The van der Waals surface area contributed by atoms with E-state index in [0.717, 1.165) is 28.4 Å². The van der Waals surface area contributed by atoms with Gasteiger partial charge in [0.15, 0.2) is 0 Å². The van der Waals surface area contributed by atoms with Crippen molar-refractivity contribution in [2.45, 2.75) is 31.8 Å². The molecule has 0 aromatic heterocycles. The van der Waals surface area contributed by atoms with Gasteiger partial charge in [-0.25, -0.2) is 0 Å². The predicted octanol–water partition coefficient (Wildman–Crippen LogP) is 3.19. The summed E-state index contributed by atoms with van der Waals surface area (Å²) < 4.78 is 1.14. The van der Waals surface area contributed by atoms with Crippen LogP contribution in [0.3, 0.4) is 0 Å². The summed E-state index contributed by atoms with van der Waals surface area (Å²) >= 11 is 2.23. The maximum Gasteiger partial charge on any atom is 0.105 e. The molecule has 0 aliphatic heterocycles. The molecule has 1 aliphatic rings. The fourth-order valence-electron chi connectivity index (χ4n) is 2.29. The number of hydrogen-bond donors (Lipinski definition) is 1. The van der Waals surface area contributed by atoms with Crippen molar-refractivity contribution in [3.05, 3.63) is 33.4 Å². The number of nitrogens with zero attached hydrogens (tertiary/aromatic N) is 1. The second-order valence-corrected chi connectivity index (χ2v) is 5.87. The number of hydrogen-bond acceptors (Lipinski definition) is 2. The first-order valence-electron chi connectivity index (χ1n) is 5.41. The van der Waals surface area contributed by atoms with Gasteiger partial charge in [0, 0.05) is 3.57 Å². The third kappa shape index (κ3) is 1.64. The van der Waals surface area contributed by atoms with E-state index in [0.29, 0.717) is 0 Å². The van der Waals surface area contributed by atoms with Gasteiger partial charge in [-0.3, -0.25) is 0 Å². The molecule has 1 aromatic carbocycles. The summed E-state index contributed by atoms with van der Waals surface area (Å²) in [7, 11) is 0. The lowest BCUT2D eigenvalue weighted by atomic mass is 9.58. The highest BCUT2D eigenvalue weighted by Crippen LogP contribution is 2.53. The van der Waals surface area contributed by atoms with Crippen LogP contribution in [0.25, 0.3) is 0 Å². The summed E-state index contributed by atoms with van der Waals surface area (Å²) in [6.07, 6.45) is 2.62. The molecule has 1 N–H and O–H groups in total. The van der Waals surface area contributed by atoms with E-state index in [1.807, 2.05) is 24.3 Å². The summed E-state index contributed by atoms with van der Waals surface area (Å²) in [5.74, 6) is 0. The quantitative estimate of drug-likeness (QED) is 0.848. The van der Waals surface area contributed by atoms with Gasteiger partial charge in [0.25, 0.3) is 0 Å². The second kappa shape index (κ2) is 4.01. The van der Waals surface area contributed by atoms with Gasteiger partial charge >= 0.3 is 0 Å². The average molecular weight is 327 g/mol. The number of aliphatic hydroxyl groups is 1. The van der Waals surface area contributed by atoms with Gasteiger partial charge in [-0.15, -0.1) is 0 Å². The molecule has 0 amide bonds. The molecule has 16 heavy (non-hydrogen) atoms. The first kappa shape index (κ1) is 11.9. The molecule has 1 aliphatic carbocycles. The van der Waals surface area contributed by atoms with Crippen molar-refractivity contribution in [1.82, 2.24) is 0 Å². The van der Waals surface area contributed by atoms with Crippen molar-refractivity contribution < 1.29 is 5.11 Å². The van der Waals surface area contributed by atoms with Gasteiger partial charge in [0.1, 0.15) is 5.60 Å². The Morgan fingerprint density at radius 3 is 2.31 bits per heavy atom. The number of benzene rings is 1. The van der Waals surface area contributed by atoms with Crippen LogP contribution in [0.4, 0.5) is 0 Å². The van der Waals surface area contributed by atoms with Crippen LogP contribution in [0, 0.1) is 20.3 Å². The van der Waals surface area contributed by atoms with Gasteiger partial charge in [0.05, 0.1) is 11.5 Å². The minimum atomic E-state index is -1.04. The van der Waals surface area contributed by atoms with Gasteiger partial charge in [-0.1, -0.05) is 18.6 Å². The molecule has 1 unspecified atom stereocenters. The lowest BCUT2D eigenvalue weighted by Gasteiger charge is -2.46. The maximum atomic E-state index is 10.6. The van der Waals surface area contributed by atoms with Gasteiger partial charge < -0.3 is 5.11 Å². The zero-order valence-corrected chi connectivity index (χ0v) is 11.4. The van der Waals surface area contributed by atoms with Crippen LogP contribution in [0.15, 0.2) is 24.3 Å². The van der Waals surface area contributed by atoms with E-state index in [2.05, 4.69) is 28.7 Å². The Morgan fingerprint density at radius 2 is 1.94 bits per heavy atom. The molecule has 0 saturated heterocycles. The highest BCUT2D eigenvalue weighted by atomic mass is 127. The van der Waals surface area contributed by atoms with Crippen LogP contribution in [0.2, 0.25) is 0 Å². The fraction of sp³-hybridized carbons (Fsp3) is 0.462. The topological polar surface area (TPSA) is 44.0 Å². The summed E-state index contributed by atoms with van der Waals surface area (Å²) in [6.45, 7) is 1.76. The van der Waals surface area contributed by atoms with Crippen LogP contribution in [-0.2, 0) is 5.60 Å². The van der Waals surface area contributed by atoms with Crippen LogP contribution >= 0.6 is 22.6 Å². The average Bonchev–Trinajstić information content (AvgIpc) is 2.17. The Bertz CT molecular complexity index is 426. The third-order valence-corrected chi connectivity index (χ3v) is 4.48. The van der Waals surface area contributed by atoms with E-state index in [-0.39, 0.29) is 0 Å². The normalized spacial score (nSPS) is 21.6. The summed E-state index contributed by atoms with van der Waals surface area (Å²) in [6, 6.07) is 10.1. The molecule has 1 aromatic rings. The smallest absolute Gasteiger partial charge is 0.105 e. The molecule has 1 fully saturated rings. The number of nitriles is 1. The van der Waals surface area contributed by atoms with Gasteiger partial charge in [-0.05, 0) is 60.1 Å². The van der Waals surface area contributed by atoms with Gasteiger partial charge in [0.2, 0.25) is 0 Å². The molecular weight excluding hydrogens is 313 g/mol. The summed E-state index contributed by atoms with van der Waals surface area (Å²) in [5.41, 5.74) is -0.779.